The maximum atomic E-state index is 2.30. The van der Waals surface area contributed by atoms with Crippen LogP contribution in [0.1, 0.15) is 33.4 Å². The monoisotopic (exact) mass is 270 g/mol. The van der Waals surface area contributed by atoms with Crippen LogP contribution in [0.2, 0.25) is 0 Å². The topological polar surface area (TPSA) is 0 Å². The first-order valence-electron chi connectivity index (χ1n) is 6.72. The van der Waals surface area contributed by atoms with Gasteiger partial charge in [-0.05, 0) is 87.1 Å². The molecule has 2 aromatic rings. The van der Waals surface area contributed by atoms with E-state index in [1.807, 2.05) is 11.8 Å². The fraction of sp³-hybridized carbons (Fsp3) is 0.333. The maximum absolute atomic E-state index is 2.30. The Bertz CT molecular complexity index is 569. The molecule has 0 saturated heterocycles. The molecule has 19 heavy (non-hydrogen) atoms. The summed E-state index contributed by atoms with van der Waals surface area (Å²) in [6.07, 6.45) is 0. The molecule has 2 rings (SSSR count). The molecule has 0 bridgehead atoms. The van der Waals surface area contributed by atoms with Crippen LogP contribution < -0.4 is 0 Å². The van der Waals surface area contributed by atoms with Gasteiger partial charge in [0.25, 0.3) is 0 Å². The van der Waals surface area contributed by atoms with Crippen molar-refractivity contribution >= 4 is 11.8 Å². The Kier molecular flexibility index (Phi) is 4.05. The summed E-state index contributed by atoms with van der Waals surface area (Å²) in [4.78, 5) is 2.76. The van der Waals surface area contributed by atoms with E-state index in [-0.39, 0.29) is 0 Å². The molecule has 0 aliphatic rings. The van der Waals surface area contributed by atoms with Crippen LogP contribution in [-0.2, 0) is 0 Å². The molecule has 0 radical (unpaired) electrons. The molecule has 0 unspecified atom stereocenters. The van der Waals surface area contributed by atoms with Crippen molar-refractivity contribution in [3.8, 4) is 0 Å². The highest BCUT2D eigenvalue weighted by atomic mass is 32.2. The van der Waals surface area contributed by atoms with Gasteiger partial charge >= 0.3 is 0 Å². The average Bonchev–Trinajstić information content (AvgIpc) is 2.31. The van der Waals surface area contributed by atoms with Crippen molar-refractivity contribution in [2.45, 2.75) is 51.3 Å². The van der Waals surface area contributed by atoms with Crippen LogP contribution in [0, 0.1) is 41.5 Å². The third-order valence-corrected chi connectivity index (χ3v) is 5.04. The van der Waals surface area contributed by atoms with Crippen molar-refractivity contribution in [2.75, 3.05) is 0 Å². The minimum absolute atomic E-state index is 1.34. The lowest BCUT2D eigenvalue weighted by Crippen LogP contribution is -1.91. The van der Waals surface area contributed by atoms with E-state index >= 15 is 0 Å². The van der Waals surface area contributed by atoms with Crippen molar-refractivity contribution in [2.24, 2.45) is 0 Å². The summed E-state index contributed by atoms with van der Waals surface area (Å²) >= 11 is 1.90. The number of benzene rings is 2. The quantitative estimate of drug-likeness (QED) is 0.675. The Morgan fingerprint density at radius 1 is 0.579 bits per heavy atom. The van der Waals surface area contributed by atoms with Crippen molar-refractivity contribution in [1.82, 2.24) is 0 Å². The van der Waals surface area contributed by atoms with Crippen molar-refractivity contribution in [3.63, 3.8) is 0 Å². The van der Waals surface area contributed by atoms with Gasteiger partial charge in [-0.15, -0.1) is 0 Å². The van der Waals surface area contributed by atoms with E-state index in [4.69, 9.17) is 0 Å². The largest absolute Gasteiger partial charge is 0.0895 e. The maximum Gasteiger partial charge on any atom is 0.0156 e. The Balaban J connectivity index is 2.47. The lowest BCUT2D eigenvalue weighted by Gasteiger charge is -2.14. The second-order valence-electron chi connectivity index (χ2n) is 5.51. The summed E-state index contributed by atoms with van der Waals surface area (Å²) in [5.74, 6) is 0. The number of hydrogen-bond donors (Lipinski definition) is 0. The zero-order valence-electron chi connectivity index (χ0n) is 12.7. The van der Waals surface area contributed by atoms with Crippen molar-refractivity contribution in [3.05, 3.63) is 57.6 Å². The molecule has 0 N–H and O–H groups in total. The predicted octanol–water partition coefficient (Wildman–Crippen LogP) is 5.69. The summed E-state index contributed by atoms with van der Waals surface area (Å²) in [5, 5.41) is 0. The molecule has 0 atom stereocenters. The fourth-order valence-corrected chi connectivity index (χ4v) is 3.69. The first-order chi connectivity index (χ1) is 8.88. The molecule has 0 aromatic heterocycles. The molecule has 0 amide bonds. The van der Waals surface area contributed by atoms with E-state index in [1.54, 1.807) is 0 Å². The molecule has 0 aliphatic carbocycles. The Morgan fingerprint density at radius 3 is 1.32 bits per heavy atom. The summed E-state index contributed by atoms with van der Waals surface area (Å²) in [5.41, 5.74) is 8.23. The van der Waals surface area contributed by atoms with E-state index in [0.29, 0.717) is 0 Å². The van der Waals surface area contributed by atoms with E-state index in [1.165, 1.54) is 43.2 Å². The lowest BCUT2D eigenvalue weighted by molar-refractivity contribution is 1.17. The minimum Gasteiger partial charge on any atom is -0.0895 e. The lowest BCUT2D eigenvalue weighted by atomic mass is 10.1. The Labute approximate surface area is 121 Å². The van der Waals surface area contributed by atoms with Crippen molar-refractivity contribution < 1.29 is 0 Å². The number of hydrogen-bond acceptors (Lipinski definition) is 1. The van der Waals surface area contributed by atoms with Crippen LogP contribution in [0.4, 0.5) is 0 Å². The number of aryl methyl sites for hydroxylation is 4. The number of rotatable bonds is 2. The van der Waals surface area contributed by atoms with Crippen LogP contribution in [0.25, 0.3) is 0 Å². The SMILES string of the molecule is Cc1cc(C)c(C)c(Sc2cc(C)cc(C)c2C)c1. The van der Waals surface area contributed by atoms with Crippen LogP contribution >= 0.6 is 11.8 Å². The second kappa shape index (κ2) is 5.42. The smallest absolute Gasteiger partial charge is 0.0156 e. The second-order valence-corrected chi connectivity index (χ2v) is 6.60. The Hall–Kier alpha value is -1.21. The van der Waals surface area contributed by atoms with Gasteiger partial charge < -0.3 is 0 Å². The van der Waals surface area contributed by atoms with E-state index < -0.39 is 0 Å². The average molecular weight is 270 g/mol. The first-order valence-corrected chi connectivity index (χ1v) is 7.53. The van der Waals surface area contributed by atoms with Crippen LogP contribution in [0.3, 0.4) is 0 Å². The standard InChI is InChI=1S/C18H22S/c1-11-7-13(3)15(5)17(9-11)19-18-10-12(2)8-14(4)16(18)6/h7-10H,1-6H3. The minimum atomic E-state index is 1.34. The molecule has 0 aliphatic heterocycles. The fourth-order valence-electron chi connectivity index (χ4n) is 2.33. The van der Waals surface area contributed by atoms with Gasteiger partial charge in [0.2, 0.25) is 0 Å². The van der Waals surface area contributed by atoms with Gasteiger partial charge in [0.1, 0.15) is 0 Å². The van der Waals surface area contributed by atoms with Gasteiger partial charge in [-0.25, -0.2) is 0 Å². The van der Waals surface area contributed by atoms with Gasteiger partial charge in [-0.3, -0.25) is 0 Å². The summed E-state index contributed by atoms with van der Waals surface area (Å²) < 4.78 is 0. The normalized spacial score (nSPS) is 10.8. The highest BCUT2D eigenvalue weighted by Gasteiger charge is 2.08. The van der Waals surface area contributed by atoms with E-state index in [0.717, 1.165) is 0 Å². The molecule has 0 fully saturated rings. The van der Waals surface area contributed by atoms with Crippen LogP contribution in [0.5, 0.6) is 0 Å². The molecule has 0 heterocycles. The molecule has 0 spiro atoms. The van der Waals surface area contributed by atoms with Crippen LogP contribution in [-0.4, -0.2) is 0 Å². The molecule has 1 heteroatoms. The van der Waals surface area contributed by atoms with Gasteiger partial charge in [0.05, 0.1) is 0 Å². The first kappa shape index (κ1) is 14.2. The van der Waals surface area contributed by atoms with Crippen LogP contribution in [0.15, 0.2) is 34.1 Å². The Morgan fingerprint density at radius 2 is 0.947 bits per heavy atom. The highest BCUT2D eigenvalue weighted by Crippen LogP contribution is 2.35. The third-order valence-electron chi connectivity index (χ3n) is 3.75. The molecule has 100 valence electrons. The van der Waals surface area contributed by atoms with Crippen molar-refractivity contribution in [1.29, 1.82) is 0 Å². The van der Waals surface area contributed by atoms with Gasteiger partial charge in [0, 0.05) is 9.79 Å². The summed E-state index contributed by atoms with van der Waals surface area (Å²) in [6.45, 7) is 13.2. The zero-order chi connectivity index (χ0) is 14.2. The van der Waals surface area contributed by atoms with Gasteiger partial charge in [-0.2, -0.15) is 0 Å². The molecular formula is C18H22S. The molecule has 0 saturated carbocycles. The van der Waals surface area contributed by atoms with E-state index in [2.05, 4.69) is 65.8 Å². The molecule has 2 aromatic carbocycles. The zero-order valence-corrected chi connectivity index (χ0v) is 13.5. The molecular weight excluding hydrogens is 248 g/mol. The van der Waals surface area contributed by atoms with E-state index in [9.17, 15) is 0 Å². The highest BCUT2D eigenvalue weighted by molar-refractivity contribution is 7.99. The third kappa shape index (κ3) is 3.03. The van der Waals surface area contributed by atoms with Gasteiger partial charge in [0.15, 0.2) is 0 Å². The van der Waals surface area contributed by atoms with Gasteiger partial charge in [-0.1, -0.05) is 23.9 Å². The summed E-state index contributed by atoms with van der Waals surface area (Å²) in [6, 6.07) is 9.11. The predicted molar refractivity (Wildman–Crippen MR) is 85.4 cm³/mol. The summed E-state index contributed by atoms with van der Waals surface area (Å²) in [7, 11) is 0. The molecule has 0 nitrogen and oxygen atoms in total.